The number of carboxylic acids is 1. The molecule has 3 aliphatic rings. The Balaban J connectivity index is 1.17. The SMILES string of the molecule is CC[C@H](C)[C@H](NC(=O)OCC1c2ccccc2-c2ccccc21)C(=O)N[C@@H](Cc1ccccc1)C(=O)N1CCC[C@H]1C(=O)N1CCC[C@H]1C(=O)O. The van der Waals surface area contributed by atoms with Crippen LogP contribution in [0, 0.1) is 5.92 Å². The predicted octanol–water partition coefficient (Wildman–Crippen LogP) is 4.73. The minimum Gasteiger partial charge on any atom is -0.480 e. The van der Waals surface area contributed by atoms with E-state index >= 15 is 0 Å². The minimum atomic E-state index is -1.05. The van der Waals surface area contributed by atoms with E-state index in [1.165, 1.54) is 9.80 Å². The van der Waals surface area contributed by atoms with Crippen molar-refractivity contribution < 1.29 is 33.8 Å². The average Bonchev–Trinajstić information content (AvgIpc) is 3.91. The van der Waals surface area contributed by atoms with E-state index in [9.17, 15) is 29.1 Å². The number of carboxylic acid groups (broad SMARTS) is 1. The van der Waals surface area contributed by atoms with E-state index in [2.05, 4.69) is 22.8 Å². The average molecular weight is 695 g/mol. The molecule has 3 N–H and O–H groups in total. The highest BCUT2D eigenvalue weighted by Crippen LogP contribution is 2.44. The molecule has 268 valence electrons. The molecule has 2 fully saturated rings. The number of ether oxygens (including phenoxy) is 1. The van der Waals surface area contributed by atoms with Crippen LogP contribution in [0.25, 0.3) is 11.1 Å². The van der Waals surface area contributed by atoms with E-state index in [4.69, 9.17) is 4.74 Å². The molecular formula is C40H46N4O7. The number of carbonyl (C=O) groups is 5. The van der Waals surface area contributed by atoms with Gasteiger partial charge in [-0.1, -0.05) is 99.1 Å². The van der Waals surface area contributed by atoms with Gasteiger partial charge in [0.25, 0.3) is 0 Å². The number of likely N-dealkylation sites (tertiary alicyclic amines) is 2. The maximum Gasteiger partial charge on any atom is 0.407 e. The molecule has 51 heavy (non-hydrogen) atoms. The number of carbonyl (C=O) groups excluding carboxylic acids is 4. The highest BCUT2D eigenvalue weighted by Gasteiger charge is 2.44. The minimum absolute atomic E-state index is 0.0912. The van der Waals surface area contributed by atoms with Crippen LogP contribution in [0.1, 0.15) is 68.6 Å². The van der Waals surface area contributed by atoms with Gasteiger partial charge in [-0.25, -0.2) is 9.59 Å². The topological polar surface area (TPSA) is 145 Å². The number of hydrogen-bond donors (Lipinski definition) is 3. The quantitative estimate of drug-likeness (QED) is 0.249. The third-order valence-electron chi connectivity index (χ3n) is 10.7. The third kappa shape index (κ3) is 7.62. The fourth-order valence-electron chi connectivity index (χ4n) is 7.75. The van der Waals surface area contributed by atoms with Crippen LogP contribution in [0.3, 0.4) is 0 Å². The molecule has 11 heteroatoms. The molecule has 2 heterocycles. The van der Waals surface area contributed by atoms with Gasteiger partial charge >= 0.3 is 12.1 Å². The van der Waals surface area contributed by atoms with Crippen LogP contribution in [0.5, 0.6) is 0 Å². The standard InChI is InChI=1S/C40H46N4O7/c1-3-25(2)35(42-40(50)51-24-31-29-17-9-7-15-27(29)28-16-8-10-18-30(28)31)36(45)41-32(23-26-13-5-4-6-14-26)37(46)43-21-11-19-33(43)38(47)44-22-12-20-34(44)39(48)49/h4-10,13-18,25,31-35H,3,11-12,19-24H2,1-2H3,(H,41,45)(H,42,50)(H,48,49)/t25-,32-,33-,34-,35-/m0/s1. The number of nitrogens with one attached hydrogen (secondary N) is 2. The van der Waals surface area contributed by atoms with Crippen molar-refractivity contribution in [3.63, 3.8) is 0 Å². The van der Waals surface area contributed by atoms with E-state index in [1.807, 2.05) is 80.6 Å². The molecule has 0 bridgehead atoms. The van der Waals surface area contributed by atoms with Gasteiger partial charge in [-0.05, 0) is 59.4 Å². The second-order valence-corrected chi connectivity index (χ2v) is 13.8. The number of benzene rings is 3. The van der Waals surface area contributed by atoms with E-state index in [0.29, 0.717) is 45.2 Å². The summed E-state index contributed by atoms with van der Waals surface area (Å²) in [5.41, 5.74) is 5.18. The van der Waals surface area contributed by atoms with Crippen molar-refractivity contribution in [2.45, 2.75) is 82.5 Å². The summed E-state index contributed by atoms with van der Waals surface area (Å²) in [5.74, 6) is -2.80. The zero-order valence-corrected chi connectivity index (χ0v) is 29.1. The normalized spacial score (nSPS) is 19.8. The Morgan fingerprint density at radius 1 is 0.804 bits per heavy atom. The number of alkyl carbamates (subject to hydrolysis) is 1. The summed E-state index contributed by atoms with van der Waals surface area (Å²) >= 11 is 0. The summed E-state index contributed by atoms with van der Waals surface area (Å²) in [4.78, 5) is 70.0. The Hall–Kier alpha value is -5.19. The van der Waals surface area contributed by atoms with Crippen molar-refractivity contribution in [3.8, 4) is 11.1 Å². The lowest BCUT2D eigenvalue weighted by atomic mass is 9.97. The second kappa shape index (κ2) is 15.8. The molecule has 3 aromatic carbocycles. The fourth-order valence-corrected chi connectivity index (χ4v) is 7.75. The van der Waals surface area contributed by atoms with Crippen molar-refractivity contribution in [3.05, 3.63) is 95.6 Å². The van der Waals surface area contributed by atoms with Crippen molar-refractivity contribution in [2.24, 2.45) is 5.92 Å². The zero-order chi connectivity index (χ0) is 36.1. The summed E-state index contributed by atoms with van der Waals surface area (Å²) in [6.45, 7) is 4.51. The summed E-state index contributed by atoms with van der Waals surface area (Å²) in [6.07, 6.45) is 1.97. The van der Waals surface area contributed by atoms with Crippen LogP contribution < -0.4 is 10.6 Å². The van der Waals surface area contributed by atoms with Gasteiger partial charge in [-0.3, -0.25) is 14.4 Å². The van der Waals surface area contributed by atoms with Crippen LogP contribution in [-0.4, -0.2) is 88.6 Å². The predicted molar refractivity (Wildman–Crippen MR) is 191 cm³/mol. The van der Waals surface area contributed by atoms with Gasteiger partial charge in [0.1, 0.15) is 30.8 Å². The van der Waals surface area contributed by atoms with E-state index in [0.717, 1.165) is 27.8 Å². The fraction of sp³-hybridized carbons (Fsp3) is 0.425. The summed E-state index contributed by atoms with van der Waals surface area (Å²) in [7, 11) is 0. The first-order chi connectivity index (χ1) is 24.7. The highest BCUT2D eigenvalue weighted by molar-refractivity contribution is 5.95. The number of nitrogens with zero attached hydrogens (tertiary/aromatic N) is 2. The first-order valence-corrected chi connectivity index (χ1v) is 18.0. The number of fused-ring (bicyclic) bond motifs is 3. The number of aliphatic carboxylic acids is 1. The van der Waals surface area contributed by atoms with E-state index in [1.54, 1.807) is 0 Å². The Kier molecular flexibility index (Phi) is 11.0. The van der Waals surface area contributed by atoms with Crippen molar-refractivity contribution >= 4 is 29.8 Å². The summed E-state index contributed by atoms with van der Waals surface area (Å²) in [6, 6.07) is 21.6. The first-order valence-electron chi connectivity index (χ1n) is 18.0. The van der Waals surface area contributed by atoms with Gasteiger partial charge in [0.2, 0.25) is 17.7 Å². The van der Waals surface area contributed by atoms with Crippen molar-refractivity contribution in [1.82, 2.24) is 20.4 Å². The zero-order valence-electron chi connectivity index (χ0n) is 29.1. The molecule has 3 aromatic rings. The molecule has 0 aromatic heterocycles. The molecule has 6 rings (SSSR count). The molecular weight excluding hydrogens is 648 g/mol. The van der Waals surface area contributed by atoms with Crippen molar-refractivity contribution in [2.75, 3.05) is 19.7 Å². The van der Waals surface area contributed by atoms with Gasteiger partial charge in [0, 0.05) is 25.4 Å². The van der Waals surface area contributed by atoms with Crippen LogP contribution in [0.2, 0.25) is 0 Å². The molecule has 1 aliphatic carbocycles. The maximum absolute atomic E-state index is 14.3. The molecule has 0 saturated carbocycles. The molecule has 0 radical (unpaired) electrons. The Labute approximate surface area is 298 Å². The van der Waals surface area contributed by atoms with Gasteiger partial charge < -0.3 is 30.3 Å². The second-order valence-electron chi connectivity index (χ2n) is 13.8. The lowest BCUT2D eigenvalue weighted by molar-refractivity contribution is -0.152. The molecule has 5 atom stereocenters. The van der Waals surface area contributed by atoms with Gasteiger partial charge in [0.15, 0.2) is 0 Å². The third-order valence-corrected chi connectivity index (χ3v) is 10.7. The van der Waals surface area contributed by atoms with Crippen LogP contribution in [0.4, 0.5) is 4.79 Å². The number of hydrogen-bond acceptors (Lipinski definition) is 6. The Morgan fingerprint density at radius 2 is 1.39 bits per heavy atom. The monoisotopic (exact) mass is 694 g/mol. The number of rotatable bonds is 12. The van der Waals surface area contributed by atoms with Crippen molar-refractivity contribution in [1.29, 1.82) is 0 Å². The lowest BCUT2D eigenvalue weighted by Crippen LogP contribution is -2.59. The molecule has 0 unspecified atom stereocenters. The van der Waals surface area contributed by atoms with Crippen LogP contribution in [0.15, 0.2) is 78.9 Å². The Morgan fingerprint density at radius 3 is 2.02 bits per heavy atom. The molecule has 0 spiro atoms. The van der Waals surface area contributed by atoms with Gasteiger partial charge in [-0.2, -0.15) is 0 Å². The van der Waals surface area contributed by atoms with Gasteiger partial charge in [0.05, 0.1) is 0 Å². The maximum atomic E-state index is 14.3. The molecule has 2 aliphatic heterocycles. The molecule has 2 saturated heterocycles. The number of amides is 4. The first kappa shape index (κ1) is 35.6. The largest absolute Gasteiger partial charge is 0.480 e. The van der Waals surface area contributed by atoms with E-state index < -0.39 is 48.0 Å². The smallest absolute Gasteiger partial charge is 0.407 e. The van der Waals surface area contributed by atoms with Gasteiger partial charge in [-0.15, -0.1) is 0 Å². The van der Waals surface area contributed by atoms with Crippen LogP contribution >= 0.6 is 0 Å². The molecule has 11 nitrogen and oxygen atoms in total. The highest BCUT2D eigenvalue weighted by atomic mass is 16.5. The Bertz CT molecular complexity index is 1720. The molecule has 4 amide bonds. The van der Waals surface area contributed by atoms with E-state index in [-0.39, 0.29) is 30.8 Å². The summed E-state index contributed by atoms with van der Waals surface area (Å²) < 4.78 is 5.77. The van der Waals surface area contributed by atoms with Crippen LogP contribution in [-0.2, 0) is 30.3 Å². The summed E-state index contributed by atoms with van der Waals surface area (Å²) in [5, 5.41) is 15.4. The lowest BCUT2D eigenvalue weighted by Gasteiger charge is -2.33.